The molecular formula is C20H26N4O5. The Labute approximate surface area is 168 Å². The van der Waals surface area contributed by atoms with Crippen LogP contribution in [0.25, 0.3) is 0 Å². The highest BCUT2D eigenvalue weighted by Crippen LogP contribution is 2.14. The van der Waals surface area contributed by atoms with Crippen molar-refractivity contribution in [2.75, 3.05) is 0 Å². The summed E-state index contributed by atoms with van der Waals surface area (Å²) in [5, 5.41) is 10.7. The molecule has 156 valence electrons. The molecule has 2 aromatic rings. The van der Waals surface area contributed by atoms with E-state index in [0.29, 0.717) is 17.5 Å². The molecule has 2 rings (SSSR count). The minimum atomic E-state index is -0.703. The Bertz CT molecular complexity index is 978. The van der Waals surface area contributed by atoms with Crippen molar-refractivity contribution in [3.05, 3.63) is 62.4 Å². The first-order chi connectivity index (χ1) is 13.7. The zero-order valence-electron chi connectivity index (χ0n) is 16.8. The van der Waals surface area contributed by atoms with Crippen LogP contribution in [0.1, 0.15) is 49.0 Å². The number of unbranched alkanes of at least 4 members (excludes halogenated alkanes) is 1. The Kier molecular flexibility index (Phi) is 7.35. The van der Waals surface area contributed by atoms with Gasteiger partial charge in [0.2, 0.25) is 0 Å². The van der Waals surface area contributed by atoms with E-state index >= 15 is 0 Å². The van der Waals surface area contributed by atoms with Crippen LogP contribution < -0.4 is 16.7 Å². The highest BCUT2D eigenvalue weighted by atomic mass is 16.3. The second kappa shape index (κ2) is 9.72. The maximum absolute atomic E-state index is 12.9. The van der Waals surface area contributed by atoms with Crippen LogP contribution >= 0.6 is 0 Å². The number of carbonyl (C=O) groups excluding carboxylic acids is 2. The maximum atomic E-state index is 12.9. The summed E-state index contributed by atoms with van der Waals surface area (Å²) in [6.07, 6.45) is 3.78. The molecule has 1 unspecified atom stereocenters. The lowest BCUT2D eigenvalue weighted by Crippen LogP contribution is -2.52. The normalized spacial score (nSPS) is 11.7. The number of nitrogens with one attached hydrogen (secondary N) is 2. The summed E-state index contributed by atoms with van der Waals surface area (Å²) >= 11 is 0. The highest BCUT2D eigenvalue weighted by molar-refractivity contribution is 5.95. The van der Waals surface area contributed by atoms with Crippen molar-refractivity contribution in [3.63, 3.8) is 0 Å². The zero-order valence-corrected chi connectivity index (χ0v) is 16.8. The van der Waals surface area contributed by atoms with E-state index in [1.165, 1.54) is 42.4 Å². The predicted molar refractivity (Wildman–Crippen MR) is 107 cm³/mol. The maximum Gasteiger partial charge on any atom is 0.328 e. The molecule has 1 heterocycles. The Morgan fingerprint density at radius 3 is 2.52 bits per heavy atom. The second-order valence-corrected chi connectivity index (χ2v) is 6.95. The number of aromatic nitrogens is 2. The standard InChI is InChI=1S/C20H26N4O5/c1-4-5-6-14(3)24(19(28)15-7-9-16(25)10-8-15)22-17(26)12-23-11-13(2)18(27)21-20(23)29/h7-11,14,25H,4-6,12H2,1-3H3,(H,22,26)(H,21,27,29). The van der Waals surface area contributed by atoms with Gasteiger partial charge in [-0.15, -0.1) is 0 Å². The molecule has 0 bridgehead atoms. The summed E-state index contributed by atoms with van der Waals surface area (Å²) in [4.78, 5) is 51.0. The van der Waals surface area contributed by atoms with Gasteiger partial charge < -0.3 is 5.11 Å². The van der Waals surface area contributed by atoms with Crippen molar-refractivity contribution < 1.29 is 14.7 Å². The molecule has 0 saturated carbocycles. The molecule has 0 aliphatic rings. The lowest BCUT2D eigenvalue weighted by molar-refractivity contribution is -0.126. The molecule has 1 aromatic carbocycles. The molecule has 9 heteroatoms. The molecule has 2 amide bonds. The van der Waals surface area contributed by atoms with Crippen LogP contribution in [-0.4, -0.2) is 37.5 Å². The van der Waals surface area contributed by atoms with Gasteiger partial charge in [0.15, 0.2) is 0 Å². The topological polar surface area (TPSA) is 124 Å². The molecule has 0 aliphatic heterocycles. The fraction of sp³-hybridized carbons (Fsp3) is 0.400. The minimum Gasteiger partial charge on any atom is -0.508 e. The van der Waals surface area contributed by atoms with E-state index in [-0.39, 0.29) is 18.3 Å². The number of phenolic OH excluding ortho intramolecular Hbond substituents is 1. The highest BCUT2D eigenvalue weighted by Gasteiger charge is 2.24. The second-order valence-electron chi connectivity index (χ2n) is 6.95. The Morgan fingerprint density at radius 1 is 1.24 bits per heavy atom. The van der Waals surface area contributed by atoms with Gasteiger partial charge >= 0.3 is 5.69 Å². The number of nitrogens with zero attached hydrogens (tertiary/aromatic N) is 2. The van der Waals surface area contributed by atoms with E-state index in [0.717, 1.165) is 17.4 Å². The van der Waals surface area contributed by atoms with Gasteiger partial charge in [-0.05, 0) is 44.5 Å². The third kappa shape index (κ3) is 5.81. The van der Waals surface area contributed by atoms with Gasteiger partial charge in [-0.1, -0.05) is 19.8 Å². The Hall–Kier alpha value is -3.36. The number of benzene rings is 1. The number of hydrazine groups is 1. The van der Waals surface area contributed by atoms with Crippen LogP contribution in [0.5, 0.6) is 5.75 Å². The fourth-order valence-electron chi connectivity index (χ4n) is 2.79. The number of carbonyl (C=O) groups is 2. The number of hydrogen-bond donors (Lipinski definition) is 3. The van der Waals surface area contributed by atoms with Crippen molar-refractivity contribution in [2.45, 2.75) is 52.6 Å². The number of phenols is 1. The molecule has 29 heavy (non-hydrogen) atoms. The average Bonchev–Trinajstić information content (AvgIpc) is 2.68. The minimum absolute atomic E-state index is 0.0315. The van der Waals surface area contributed by atoms with Gasteiger partial charge in [0.1, 0.15) is 12.3 Å². The number of hydrogen-bond acceptors (Lipinski definition) is 5. The summed E-state index contributed by atoms with van der Waals surface area (Å²) in [7, 11) is 0. The van der Waals surface area contributed by atoms with E-state index in [1.54, 1.807) is 0 Å². The van der Waals surface area contributed by atoms with Gasteiger partial charge in [0.25, 0.3) is 17.4 Å². The van der Waals surface area contributed by atoms with Crippen LogP contribution in [0.15, 0.2) is 40.1 Å². The molecule has 9 nitrogen and oxygen atoms in total. The monoisotopic (exact) mass is 402 g/mol. The molecule has 0 aliphatic carbocycles. The van der Waals surface area contributed by atoms with Gasteiger partial charge in [-0.25, -0.2) is 9.80 Å². The SMILES string of the molecule is CCCCC(C)N(NC(=O)Cn1cc(C)c(=O)[nH]c1=O)C(=O)c1ccc(O)cc1. The molecule has 0 radical (unpaired) electrons. The number of aromatic hydroxyl groups is 1. The predicted octanol–water partition coefficient (Wildman–Crippen LogP) is 1.30. The van der Waals surface area contributed by atoms with Crippen molar-refractivity contribution in [2.24, 2.45) is 0 Å². The summed E-state index contributed by atoms with van der Waals surface area (Å²) in [5.41, 5.74) is 1.97. The number of H-pyrrole nitrogens is 1. The third-order valence-electron chi connectivity index (χ3n) is 4.50. The first kappa shape index (κ1) is 21.9. The number of amides is 2. The quantitative estimate of drug-likeness (QED) is 0.602. The average molecular weight is 402 g/mol. The Balaban J connectivity index is 2.22. The van der Waals surface area contributed by atoms with Gasteiger partial charge in [-0.3, -0.25) is 29.4 Å². The third-order valence-corrected chi connectivity index (χ3v) is 4.50. The van der Waals surface area contributed by atoms with Gasteiger partial charge in [-0.2, -0.15) is 0 Å². The molecule has 1 aromatic heterocycles. The Morgan fingerprint density at radius 2 is 1.90 bits per heavy atom. The van der Waals surface area contributed by atoms with Gasteiger partial charge in [0, 0.05) is 17.3 Å². The summed E-state index contributed by atoms with van der Waals surface area (Å²) in [6.45, 7) is 5.03. The summed E-state index contributed by atoms with van der Waals surface area (Å²) in [6, 6.07) is 5.45. The smallest absolute Gasteiger partial charge is 0.328 e. The number of aromatic amines is 1. The first-order valence-corrected chi connectivity index (χ1v) is 9.45. The molecule has 0 fully saturated rings. The van der Waals surface area contributed by atoms with E-state index in [2.05, 4.69) is 10.4 Å². The molecule has 0 saturated heterocycles. The lowest BCUT2D eigenvalue weighted by atomic mass is 10.1. The van der Waals surface area contributed by atoms with E-state index < -0.39 is 23.1 Å². The van der Waals surface area contributed by atoms with E-state index in [1.807, 2.05) is 13.8 Å². The van der Waals surface area contributed by atoms with Crippen LogP contribution in [0.3, 0.4) is 0 Å². The van der Waals surface area contributed by atoms with Crippen molar-refractivity contribution >= 4 is 11.8 Å². The first-order valence-electron chi connectivity index (χ1n) is 9.45. The van der Waals surface area contributed by atoms with Crippen molar-refractivity contribution in [1.82, 2.24) is 20.0 Å². The summed E-state index contributed by atoms with van der Waals surface area (Å²) < 4.78 is 1.08. The van der Waals surface area contributed by atoms with Crippen molar-refractivity contribution in [1.29, 1.82) is 0 Å². The largest absolute Gasteiger partial charge is 0.508 e. The lowest BCUT2D eigenvalue weighted by Gasteiger charge is -2.29. The van der Waals surface area contributed by atoms with Crippen LogP contribution in [0, 0.1) is 6.92 Å². The molecular weight excluding hydrogens is 376 g/mol. The molecule has 1 atom stereocenters. The van der Waals surface area contributed by atoms with Gasteiger partial charge in [0.05, 0.1) is 6.04 Å². The number of aryl methyl sites for hydroxylation is 1. The fourth-order valence-corrected chi connectivity index (χ4v) is 2.79. The summed E-state index contributed by atoms with van der Waals surface area (Å²) in [5.74, 6) is -0.968. The van der Waals surface area contributed by atoms with E-state index in [9.17, 15) is 24.3 Å². The molecule has 0 spiro atoms. The van der Waals surface area contributed by atoms with E-state index in [4.69, 9.17) is 0 Å². The van der Waals surface area contributed by atoms with Crippen LogP contribution in [-0.2, 0) is 11.3 Å². The zero-order chi connectivity index (χ0) is 21.6. The molecule has 3 N–H and O–H groups in total. The van der Waals surface area contributed by atoms with Crippen LogP contribution in [0.4, 0.5) is 0 Å². The van der Waals surface area contributed by atoms with Crippen LogP contribution in [0.2, 0.25) is 0 Å². The number of rotatable bonds is 7. The van der Waals surface area contributed by atoms with Crippen molar-refractivity contribution in [3.8, 4) is 5.75 Å².